The fourth-order valence-electron chi connectivity index (χ4n) is 2.08. The summed E-state index contributed by atoms with van der Waals surface area (Å²) in [7, 11) is 0. The molecule has 3 nitrogen and oxygen atoms in total. The first-order valence-electron chi connectivity index (χ1n) is 5.97. The van der Waals surface area contributed by atoms with Crippen LogP contribution in [0.1, 0.15) is 17.5 Å². The normalized spacial score (nSPS) is 19.3. The SMILES string of the molecule is Cc1cc(C)cc(OCC(=O)C2CCOC2)c1. The lowest BCUT2D eigenvalue weighted by molar-refractivity contribution is -0.124. The Hall–Kier alpha value is -1.35. The lowest BCUT2D eigenvalue weighted by Crippen LogP contribution is -2.21. The summed E-state index contributed by atoms with van der Waals surface area (Å²) in [5, 5.41) is 0. The molecular weight excluding hydrogens is 216 g/mol. The summed E-state index contributed by atoms with van der Waals surface area (Å²) in [6.07, 6.45) is 0.828. The third-order valence-electron chi connectivity index (χ3n) is 2.96. The van der Waals surface area contributed by atoms with Gasteiger partial charge in [-0.25, -0.2) is 0 Å². The molecule has 1 aromatic rings. The molecular formula is C14H18O3. The first kappa shape index (κ1) is 12.1. The average molecular weight is 234 g/mol. The molecule has 0 bridgehead atoms. The Labute approximate surface area is 102 Å². The van der Waals surface area contributed by atoms with Crippen LogP contribution < -0.4 is 4.74 Å². The first-order valence-corrected chi connectivity index (χ1v) is 5.97. The maximum atomic E-state index is 11.8. The molecule has 0 aliphatic carbocycles. The van der Waals surface area contributed by atoms with Crippen molar-refractivity contribution in [3.63, 3.8) is 0 Å². The van der Waals surface area contributed by atoms with Crippen molar-refractivity contribution in [3.05, 3.63) is 29.3 Å². The lowest BCUT2D eigenvalue weighted by atomic mass is 10.0. The van der Waals surface area contributed by atoms with Crippen LogP contribution in [0.25, 0.3) is 0 Å². The molecule has 0 aromatic heterocycles. The predicted molar refractivity (Wildman–Crippen MR) is 65.3 cm³/mol. The highest BCUT2D eigenvalue weighted by Crippen LogP contribution is 2.18. The molecule has 1 aliphatic heterocycles. The van der Waals surface area contributed by atoms with Crippen molar-refractivity contribution in [1.82, 2.24) is 0 Å². The minimum atomic E-state index is 0.0286. The highest BCUT2D eigenvalue weighted by molar-refractivity contribution is 5.82. The molecule has 3 heteroatoms. The van der Waals surface area contributed by atoms with E-state index in [0.717, 1.165) is 23.3 Å². The Kier molecular flexibility index (Phi) is 3.79. The number of hydrogen-bond donors (Lipinski definition) is 0. The standard InChI is InChI=1S/C14H18O3/c1-10-5-11(2)7-13(6-10)17-9-14(15)12-3-4-16-8-12/h5-7,12H,3-4,8-9H2,1-2H3. The second kappa shape index (κ2) is 5.32. The van der Waals surface area contributed by atoms with Crippen LogP contribution in [-0.2, 0) is 9.53 Å². The quantitative estimate of drug-likeness (QED) is 0.801. The zero-order chi connectivity index (χ0) is 12.3. The van der Waals surface area contributed by atoms with Gasteiger partial charge in [0.25, 0.3) is 0 Å². The van der Waals surface area contributed by atoms with Crippen molar-refractivity contribution in [2.45, 2.75) is 20.3 Å². The summed E-state index contributed by atoms with van der Waals surface area (Å²) < 4.78 is 10.7. The van der Waals surface area contributed by atoms with Crippen molar-refractivity contribution in [2.75, 3.05) is 19.8 Å². The molecule has 1 aliphatic rings. The molecule has 2 rings (SSSR count). The van der Waals surface area contributed by atoms with E-state index in [1.807, 2.05) is 26.0 Å². The van der Waals surface area contributed by atoms with E-state index >= 15 is 0 Å². The van der Waals surface area contributed by atoms with Crippen LogP contribution in [0, 0.1) is 19.8 Å². The van der Waals surface area contributed by atoms with E-state index in [2.05, 4.69) is 6.07 Å². The van der Waals surface area contributed by atoms with E-state index in [4.69, 9.17) is 9.47 Å². The summed E-state index contributed by atoms with van der Waals surface area (Å²) in [6, 6.07) is 5.98. The predicted octanol–water partition coefficient (Wildman–Crippen LogP) is 2.29. The zero-order valence-corrected chi connectivity index (χ0v) is 10.4. The van der Waals surface area contributed by atoms with Crippen molar-refractivity contribution in [2.24, 2.45) is 5.92 Å². The highest BCUT2D eigenvalue weighted by Gasteiger charge is 2.23. The molecule has 1 heterocycles. The van der Waals surface area contributed by atoms with Crippen molar-refractivity contribution in [1.29, 1.82) is 0 Å². The topological polar surface area (TPSA) is 35.5 Å². The third kappa shape index (κ3) is 3.30. The van der Waals surface area contributed by atoms with Crippen molar-refractivity contribution >= 4 is 5.78 Å². The van der Waals surface area contributed by atoms with Gasteiger partial charge >= 0.3 is 0 Å². The smallest absolute Gasteiger partial charge is 0.175 e. The minimum absolute atomic E-state index is 0.0286. The molecule has 1 aromatic carbocycles. The number of ketones is 1. The van der Waals surface area contributed by atoms with Gasteiger partial charge in [0.1, 0.15) is 12.4 Å². The molecule has 0 amide bonds. The molecule has 17 heavy (non-hydrogen) atoms. The van der Waals surface area contributed by atoms with Gasteiger partial charge in [0.05, 0.1) is 6.61 Å². The summed E-state index contributed by atoms with van der Waals surface area (Å²) in [5.74, 6) is 0.942. The number of Topliss-reactive ketones (excluding diaryl/α,β-unsaturated/α-hetero) is 1. The maximum absolute atomic E-state index is 11.8. The van der Waals surface area contributed by atoms with Crippen LogP contribution in [0.2, 0.25) is 0 Å². The van der Waals surface area contributed by atoms with E-state index in [1.165, 1.54) is 0 Å². The van der Waals surface area contributed by atoms with Gasteiger partial charge in [-0.1, -0.05) is 6.07 Å². The van der Waals surface area contributed by atoms with Crippen molar-refractivity contribution in [3.8, 4) is 5.75 Å². The maximum Gasteiger partial charge on any atom is 0.175 e. The second-order valence-corrected chi connectivity index (χ2v) is 4.64. The van der Waals surface area contributed by atoms with Crippen molar-refractivity contribution < 1.29 is 14.3 Å². The van der Waals surface area contributed by atoms with Gasteiger partial charge in [-0.3, -0.25) is 4.79 Å². The third-order valence-corrected chi connectivity index (χ3v) is 2.96. The van der Waals surface area contributed by atoms with Gasteiger partial charge in [0.2, 0.25) is 0 Å². The molecule has 1 saturated heterocycles. The number of benzene rings is 1. The second-order valence-electron chi connectivity index (χ2n) is 4.64. The van der Waals surface area contributed by atoms with E-state index < -0.39 is 0 Å². The van der Waals surface area contributed by atoms with Gasteiger partial charge in [-0.15, -0.1) is 0 Å². The summed E-state index contributed by atoms with van der Waals surface area (Å²) in [5.41, 5.74) is 2.30. The Bertz CT molecular complexity index is 386. The number of aryl methyl sites for hydroxylation is 2. The number of carbonyl (C=O) groups excluding carboxylic acids is 1. The summed E-state index contributed by atoms with van der Waals surface area (Å²) in [4.78, 5) is 11.8. The molecule has 0 radical (unpaired) electrons. The van der Waals surface area contributed by atoms with Crippen LogP contribution in [0.3, 0.4) is 0 Å². The number of rotatable bonds is 4. The molecule has 0 N–H and O–H groups in total. The Morgan fingerprint density at radius 2 is 2.06 bits per heavy atom. The number of carbonyl (C=O) groups is 1. The first-order chi connectivity index (χ1) is 8.15. The van der Waals surface area contributed by atoms with Gasteiger partial charge in [-0.05, 0) is 43.5 Å². The van der Waals surface area contributed by atoms with Gasteiger partial charge in [0.15, 0.2) is 5.78 Å². The Morgan fingerprint density at radius 3 is 2.65 bits per heavy atom. The molecule has 0 saturated carbocycles. The number of hydrogen-bond acceptors (Lipinski definition) is 3. The van der Waals surface area contributed by atoms with Crippen LogP contribution in [0.5, 0.6) is 5.75 Å². The van der Waals surface area contributed by atoms with E-state index in [0.29, 0.717) is 13.2 Å². The molecule has 1 fully saturated rings. The van der Waals surface area contributed by atoms with E-state index in [-0.39, 0.29) is 18.3 Å². The fourth-order valence-corrected chi connectivity index (χ4v) is 2.08. The monoisotopic (exact) mass is 234 g/mol. The van der Waals surface area contributed by atoms with Gasteiger partial charge in [-0.2, -0.15) is 0 Å². The molecule has 0 spiro atoms. The fraction of sp³-hybridized carbons (Fsp3) is 0.500. The average Bonchev–Trinajstić information content (AvgIpc) is 2.78. The Morgan fingerprint density at radius 1 is 1.35 bits per heavy atom. The molecule has 92 valence electrons. The summed E-state index contributed by atoms with van der Waals surface area (Å²) >= 11 is 0. The molecule has 1 atom stereocenters. The van der Waals surface area contributed by atoms with Crippen LogP contribution in [-0.4, -0.2) is 25.6 Å². The summed E-state index contributed by atoms with van der Waals surface area (Å²) in [6.45, 7) is 5.44. The Balaban J connectivity index is 1.90. The lowest BCUT2D eigenvalue weighted by Gasteiger charge is -2.10. The highest BCUT2D eigenvalue weighted by atomic mass is 16.5. The van der Waals surface area contributed by atoms with E-state index in [9.17, 15) is 4.79 Å². The largest absolute Gasteiger partial charge is 0.486 e. The van der Waals surface area contributed by atoms with Crippen LogP contribution >= 0.6 is 0 Å². The number of ether oxygens (including phenoxy) is 2. The van der Waals surface area contributed by atoms with E-state index in [1.54, 1.807) is 0 Å². The molecule has 1 unspecified atom stereocenters. The van der Waals surface area contributed by atoms with Gasteiger partial charge in [0, 0.05) is 12.5 Å². The zero-order valence-electron chi connectivity index (χ0n) is 10.4. The van der Waals surface area contributed by atoms with Gasteiger partial charge < -0.3 is 9.47 Å². The minimum Gasteiger partial charge on any atom is -0.486 e. The van der Waals surface area contributed by atoms with Crippen LogP contribution in [0.15, 0.2) is 18.2 Å². The van der Waals surface area contributed by atoms with Crippen LogP contribution in [0.4, 0.5) is 0 Å².